The van der Waals surface area contributed by atoms with Crippen molar-refractivity contribution < 1.29 is 22.3 Å². The van der Waals surface area contributed by atoms with Gasteiger partial charge in [-0.1, -0.05) is 0 Å². The molecule has 0 spiro atoms. The van der Waals surface area contributed by atoms with Gasteiger partial charge in [0.15, 0.2) is 11.5 Å². The van der Waals surface area contributed by atoms with Gasteiger partial charge in [0.25, 0.3) is 0 Å². The summed E-state index contributed by atoms with van der Waals surface area (Å²) in [5.41, 5.74) is 0.811. The van der Waals surface area contributed by atoms with Crippen molar-refractivity contribution in [2.75, 3.05) is 6.79 Å². The Balaban J connectivity index is 1.70. The first kappa shape index (κ1) is 17.6. The number of aromatic nitrogens is 4. The van der Waals surface area contributed by atoms with Crippen LogP contribution in [0.5, 0.6) is 11.5 Å². The second-order valence-electron chi connectivity index (χ2n) is 6.38. The third kappa shape index (κ3) is 2.72. The summed E-state index contributed by atoms with van der Waals surface area (Å²) in [4.78, 5) is 22.9. The molecule has 148 valence electrons. The summed E-state index contributed by atoms with van der Waals surface area (Å²) in [5, 5.41) is 5.60. The van der Waals surface area contributed by atoms with E-state index in [0.717, 1.165) is 12.3 Å². The van der Waals surface area contributed by atoms with E-state index < -0.39 is 26.4 Å². The predicted molar refractivity (Wildman–Crippen MR) is 98.7 cm³/mol. The largest absolute Gasteiger partial charge is 0.454 e. The fourth-order valence-electron chi connectivity index (χ4n) is 3.30. The summed E-state index contributed by atoms with van der Waals surface area (Å²) in [7, 11) is -4.09. The first-order valence-electron chi connectivity index (χ1n) is 8.30. The Bertz CT molecular complexity index is 1480. The number of primary sulfonamides is 1. The SMILES string of the molecule is NS(=O)(=O)c1cnc(Cn2c(=O)[nH]c3cnc4c5c(ccc4c32)OCO5)c(F)c1. The molecule has 12 heteroatoms. The second-order valence-corrected chi connectivity index (χ2v) is 7.94. The molecule has 3 N–H and O–H groups in total. The van der Waals surface area contributed by atoms with Crippen molar-refractivity contribution in [3.8, 4) is 11.5 Å². The molecule has 1 aliphatic heterocycles. The highest BCUT2D eigenvalue weighted by atomic mass is 32.2. The van der Waals surface area contributed by atoms with Crippen LogP contribution in [0, 0.1) is 5.82 Å². The molecule has 4 heterocycles. The number of hydrogen-bond donors (Lipinski definition) is 2. The number of aromatic amines is 1. The number of sulfonamides is 1. The molecule has 0 saturated heterocycles. The maximum atomic E-state index is 14.4. The van der Waals surface area contributed by atoms with Crippen molar-refractivity contribution in [3.63, 3.8) is 0 Å². The lowest BCUT2D eigenvalue weighted by Gasteiger charge is -2.08. The number of hydrogen-bond acceptors (Lipinski definition) is 7. The number of nitrogens with one attached hydrogen (secondary N) is 1. The van der Waals surface area contributed by atoms with E-state index in [0.29, 0.717) is 33.4 Å². The number of fused-ring (bicyclic) bond motifs is 5. The van der Waals surface area contributed by atoms with Crippen molar-refractivity contribution in [1.29, 1.82) is 0 Å². The van der Waals surface area contributed by atoms with Crippen LogP contribution in [-0.4, -0.2) is 34.7 Å². The van der Waals surface area contributed by atoms with E-state index >= 15 is 0 Å². The summed E-state index contributed by atoms with van der Waals surface area (Å²) in [5.74, 6) is 0.111. The fraction of sp³-hybridized carbons (Fsp3) is 0.118. The highest BCUT2D eigenvalue weighted by Crippen LogP contribution is 2.39. The standard InChI is InChI=1S/C17H12FN5O5S/c18-10-3-8(29(19,25)26)4-20-12(10)6-23-15-9-1-2-13-16(28-7-27-13)14(9)21-5-11(15)22-17(23)24/h1-5H,6-7H2,(H,22,24)(H2,19,25,26). The number of ether oxygens (including phenoxy) is 2. The van der Waals surface area contributed by atoms with E-state index in [2.05, 4.69) is 15.0 Å². The molecule has 10 nitrogen and oxygen atoms in total. The average Bonchev–Trinajstić information content (AvgIpc) is 3.26. The highest BCUT2D eigenvalue weighted by Gasteiger charge is 2.22. The van der Waals surface area contributed by atoms with Gasteiger partial charge in [0, 0.05) is 11.6 Å². The summed E-state index contributed by atoms with van der Waals surface area (Å²) in [6, 6.07) is 4.21. The lowest BCUT2D eigenvalue weighted by atomic mass is 10.1. The molecule has 0 radical (unpaired) electrons. The Kier molecular flexibility index (Phi) is 3.63. The molecule has 0 aliphatic carbocycles. The summed E-state index contributed by atoms with van der Waals surface area (Å²) >= 11 is 0. The van der Waals surface area contributed by atoms with Gasteiger partial charge in [0.2, 0.25) is 16.8 Å². The monoisotopic (exact) mass is 417 g/mol. The van der Waals surface area contributed by atoms with Crippen molar-refractivity contribution in [3.05, 3.63) is 52.6 Å². The lowest BCUT2D eigenvalue weighted by Crippen LogP contribution is -2.19. The molecule has 0 unspecified atom stereocenters. The van der Waals surface area contributed by atoms with E-state index in [1.807, 2.05) is 0 Å². The van der Waals surface area contributed by atoms with Gasteiger partial charge < -0.3 is 14.5 Å². The number of rotatable bonds is 3. The summed E-state index contributed by atoms with van der Waals surface area (Å²) < 4.78 is 49.3. The van der Waals surface area contributed by atoms with Gasteiger partial charge in [-0.25, -0.2) is 27.7 Å². The number of nitrogens with two attached hydrogens (primary N) is 1. The van der Waals surface area contributed by atoms with E-state index in [1.165, 1.54) is 10.8 Å². The van der Waals surface area contributed by atoms with Crippen LogP contribution in [0.15, 0.2) is 40.3 Å². The second kappa shape index (κ2) is 5.99. The molecule has 4 aromatic rings. The normalized spacial score (nSPS) is 13.4. The first-order chi connectivity index (χ1) is 13.8. The van der Waals surface area contributed by atoms with E-state index in [9.17, 15) is 17.6 Å². The molecule has 0 fully saturated rings. The molecule has 0 bridgehead atoms. The quantitative estimate of drug-likeness (QED) is 0.503. The van der Waals surface area contributed by atoms with Crippen LogP contribution < -0.4 is 20.3 Å². The number of benzene rings is 1. The van der Waals surface area contributed by atoms with Crippen LogP contribution in [0.4, 0.5) is 4.39 Å². The Labute approximate surface area is 161 Å². The molecular formula is C17H12FN5O5S. The Morgan fingerprint density at radius 1 is 1.24 bits per heavy atom. The number of nitrogens with zero attached hydrogens (tertiary/aromatic N) is 3. The van der Waals surface area contributed by atoms with Gasteiger partial charge in [-0.3, -0.25) is 9.55 Å². The zero-order valence-electron chi connectivity index (χ0n) is 14.5. The molecule has 0 atom stereocenters. The first-order valence-corrected chi connectivity index (χ1v) is 9.84. The Hall–Kier alpha value is -3.51. The Morgan fingerprint density at radius 2 is 2.07 bits per heavy atom. The molecular weight excluding hydrogens is 405 g/mol. The average molecular weight is 417 g/mol. The molecule has 29 heavy (non-hydrogen) atoms. The molecule has 3 aromatic heterocycles. The molecule has 1 aliphatic rings. The summed E-state index contributed by atoms with van der Waals surface area (Å²) in [6.07, 6.45) is 2.43. The topological polar surface area (TPSA) is 142 Å². The lowest BCUT2D eigenvalue weighted by molar-refractivity contribution is 0.174. The van der Waals surface area contributed by atoms with Gasteiger partial charge in [-0.15, -0.1) is 0 Å². The third-order valence-corrected chi connectivity index (χ3v) is 5.51. The zero-order valence-corrected chi connectivity index (χ0v) is 15.4. The van der Waals surface area contributed by atoms with Crippen LogP contribution in [0.25, 0.3) is 21.9 Å². The van der Waals surface area contributed by atoms with Gasteiger partial charge in [0.05, 0.1) is 29.5 Å². The maximum Gasteiger partial charge on any atom is 0.326 e. The minimum Gasteiger partial charge on any atom is -0.454 e. The van der Waals surface area contributed by atoms with Gasteiger partial charge in [-0.2, -0.15) is 0 Å². The molecule has 0 saturated carbocycles. The maximum absolute atomic E-state index is 14.4. The van der Waals surface area contributed by atoms with Crippen LogP contribution >= 0.6 is 0 Å². The smallest absolute Gasteiger partial charge is 0.326 e. The van der Waals surface area contributed by atoms with E-state index in [-0.39, 0.29) is 19.0 Å². The van der Waals surface area contributed by atoms with Crippen molar-refractivity contribution in [1.82, 2.24) is 19.5 Å². The van der Waals surface area contributed by atoms with Crippen LogP contribution in [-0.2, 0) is 16.6 Å². The number of pyridine rings is 2. The minimum atomic E-state index is -4.09. The summed E-state index contributed by atoms with van der Waals surface area (Å²) in [6.45, 7) is -0.164. The predicted octanol–water partition coefficient (Wildman–Crippen LogP) is 0.836. The number of imidazole rings is 1. The minimum absolute atomic E-state index is 0.0691. The van der Waals surface area contributed by atoms with Crippen molar-refractivity contribution in [2.24, 2.45) is 5.14 Å². The van der Waals surface area contributed by atoms with Crippen LogP contribution in [0.3, 0.4) is 0 Å². The van der Waals surface area contributed by atoms with Crippen LogP contribution in [0.1, 0.15) is 5.69 Å². The molecule has 1 aromatic carbocycles. The van der Waals surface area contributed by atoms with Gasteiger partial charge >= 0.3 is 5.69 Å². The third-order valence-electron chi connectivity index (χ3n) is 4.63. The molecule has 5 rings (SSSR count). The number of halogens is 1. The van der Waals surface area contributed by atoms with Crippen molar-refractivity contribution >= 4 is 32.0 Å². The van der Waals surface area contributed by atoms with Crippen LogP contribution in [0.2, 0.25) is 0 Å². The van der Waals surface area contributed by atoms with Gasteiger partial charge in [0.1, 0.15) is 16.2 Å². The van der Waals surface area contributed by atoms with Gasteiger partial charge in [-0.05, 0) is 18.2 Å². The number of H-pyrrole nitrogens is 1. The Morgan fingerprint density at radius 3 is 2.83 bits per heavy atom. The van der Waals surface area contributed by atoms with Crippen molar-refractivity contribution in [2.45, 2.75) is 11.4 Å². The zero-order chi connectivity index (χ0) is 20.3. The molecule has 0 amide bonds. The highest BCUT2D eigenvalue weighted by molar-refractivity contribution is 7.89. The van der Waals surface area contributed by atoms with E-state index in [4.69, 9.17) is 14.6 Å². The fourth-order valence-corrected chi connectivity index (χ4v) is 3.77. The van der Waals surface area contributed by atoms with E-state index in [1.54, 1.807) is 12.1 Å².